The van der Waals surface area contributed by atoms with E-state index in [2.05, 4.69) is 15.3 Å². The maximum atomic E-state index is 14.7. The summed E-state index contributed by atoms with van der Waals surface area (Å²) in [5.74, 6) is 1.00. The molecule has 1 aromatic rings. The Balaban J connectivity index is 1.72. The summed E-state index contributed by atoms with van der Waals surface area (Å²) < 4.78 is 19.9. The molecule has 0 saturated carbocycles. The molecule has 0 amide bonds. The highest BCUT2D eigenvalue weighted by Crippen LogP contribution is 2.36. The lowest BCUT2D eigenvalue weighted by molar-refractivity contribution is -0.00119. The summed E-state index contributed by atoms with van der Waals surface area (Å²) in [6, 6.07) is 5.62. The van der Waals surface area contributed by atoms with Crippen molar-refractivity contribution in [3.8, 4) is 0 Å². The normalized spacial score (nSPS) is 26.5. The maximum Gasteiger partial charge on any atom is 0.132 e. The second kappa shape index (κ2) is 7.07. The smallest absolute Gasteiger partial charge is 0.132 e. The van der Waals surface area contributed by atoms with Gasteiger partial charge in [0.15, 0.2) is 0 Å². The van der Waals surface area contributed by atoms with E-state index in [1.165, 1.54) is 0 Å². The first kappa shape index (κ1) is 17.2. The van der Waals surface area contributed by atoms with Gasteiger partial charge in [0.1, 0.15) is 17.3 Å². The third-order valence-electron chi connectivity index (χ3n) is 4.67. The van der Waals surface area contributed by atoms with Gasteiger partial charge in [-0.05, 0) is 12.1 Å². The summed E-state index contributed by atoms with van der Waals surface area (Å²) in [6.07, 6.45) is 2.38. The van der Waals surface area contributed by atoms with Gasteiger partial charge in [-0.25, -0.2) is 14.4 Å². The molecule has 2 atom stereocenters. The second-order valence-electron chi connectivity index (χ2n) is 6.40. The van der Waals surface area contributed by atoms with Gasteiger partial charge >= 0.3 is 0 Å². The van der Waals surface area contributed by atoms with Crippen LogP contribution in [0.4, 0.5) is 10.2 Å². The Morgan fingerprint density at radius 1 is 1.42 bits per heavy atom. The van der Waals surface area contributed by atoms with Crippen molar-refractivity contribution in [3.63, 3.8) is 0 Å². The average molecular weight is 353 g/mol. The predicted molar refractivity (Wildman–Crippen MR) is 94.1 cm³/mol. The predicted octanol–water partition coefficient (Wildman–Crippen LogP) is 3.18. The van der Waals surface area contributed by atoms with E-state index in [4.69, 9.17) is 22.1 Å². The molecule has 2 aliphatic heterocycles. The van der Waals surface area contributed by atoms with Crippen LogP contribution in [-0.4, -0.2) is 36.2 Å². The van der Waals surface area contributed by atoms with Gasteiger partial charge in [0.2, 0.25) is 0 Å². The minimum atomic E-state index is -1.25. The lowest BCUT2D eigenvalue weighted by Gasteiger charge is -2.30. The van der Waals surface area contributed by atoms with Crippen molar-refractivity contribution < 1.29 is 9.13 Å². The molecule has 0 spiro atoms. The van der Waals surface area contributed by atoms with Crippen LogP contribution in [0.25, 0.3) is 0 Å². The highest BCUT2D eigenvalue weighted by molar-refractivity contribution is 6.30. The zero-order valence-electron chi connectivity index (χ0n) is 13.6. The van der Waals surface area contributed by atoms with Gasteiger partial charge in [-0.2, -0.15) is 0 Å². The van der Waals surface area contributed by atoms with Crippen LogP contribution in [0.15, 0.2) is 34.4 Å². The molecule has 0 bridgehead atoms. The number of anilines is 1. The van der Waals surface area contributed by atoms with Crippen LogP contribution in [0.3, 0.4) is 0 Å². The summed E-state index contributed by atoms with van der Waals surface area (Å²) in [5, 5.41) is 3.71. The average Bonchev–Trinajstić information content (AvgIpc) is 2.58. The van der Waals surface area contributed by atoms with Crippen molar-refractivity contribution in [1.29, 1.82) is 0 Å². The van der Waals surface area contributed by atoms with Crippen LogP contribution < -0.4 is 11.1 Å². The van der Waals surface area contributed by atoms with Gasteiger partial charge in [0.25, 0.3) is 0 Å². The molecule has 0 aromatic carbocycles. The van der Waals surface area contributed by atoms with E-state index in [1.807, 2.05) is 25.1 Å². The molecule has 1 aromatic heterocycles. The summed E-state index contributed by atoms with van der Waals surface area (Å²) in [7, 11) is 0. The molecule has 7 heteroatoms. The SMILES string of the molecule is CC1C(N)=NC=C(Cl)C1c1cccc(NCC2(F)CCOCC2)n1. The fourth-order valence-corrected chi connectivity index (χ4v) is 3.38. The molecular formula is C17H22ClFN4O. The molecule has 2 unspecified atom stereocenters. The first-order chi connectivity index (χ1) is 11.5. The molecule has 3 N–H and O–H groups in total. The van der Waals surface area contributed by atoms with Crippen LogP contribution in [0.5, 0.6) is 0 Å². The zero-order valence-corrected chi connectivity index (χ0v) is 14.4. The molecule has 3 heterocycles. The number of nitrogens with two attached hydrogens (primary N) is 1. The van der Waals surface area contributed by atoms with Crippen LogP contribution in [0.1, 0.15) is 31.4 Å². The van der Waals surface area contributed by atoms with E-state index < -0.39 is 5.67 Å². The monoisotopic (exact) mass is 352 g/mol. The minimum Gasteiger partial charge on any atom is -0.387 e. The Morgan fingerprint density at radius 3 is 2.92 bits per heavy atom. The van der Waals surface area contributed by atoms with Gasteiger partial charge in [0, 0.05) is 49.1 Å². The standard InChI is InChI=1S/C17H22ClFN4O/c1-11-15(12(18)9-21-16(11)20)13-3-2-4-14(23-13)22-10-17(19)5-7-24-8-6-17/h2-4,9,11,15H,5-8,10H2,1H3,(H2,20,21)(H,22,23). The number of aromatic nitrogens is 1. The number of hydrogen-bond acceptors (Lipinski definition) is 5. The first-order valence-electron chi connectivity index (χ1n) is 8.15. The third kappa shape index (κ3) is 3.70. The number of allylic oxidation sites excluding steroid dienone is 1. The summed E-state index contributed by atoms with van der Waals surface area (Å²) in [6.45, 7) is 3.12. The molecule has 0 radical (unpaired) electrons. The number of rotatable bonds is 4. The van der Waals surface area contributed by atoms with Crippen LogP contribution in [-0.2, 0) is 4.74 Å². The molecule has 0 aliphatic carbocycles. The number of aliphatic imine (C=N–C) groups is 1. The summed E-state index contributed by atoms with van der Waals surface area (Å²) in [5.41, 5.74) is 5.47. The molecule has 1 fully saturated rings. The fraction of sp³-hybridized carbons (Fsp3) is 0.529. The molecule has 1 saturated heterocycles. The van der Waals surface area contributed by atoms with Crippen molar-refractivity contribution in [2.45, 2.75) is 31.4 Å². The van der Waals surface area contributed by atoms with Crippen molar-refractivity contribution in [2.24, 2.45) is 16.6 Å². The number of halogens is 2. The van der Waals surface area contributed by atoms with Crippen LogP contribution >= 0.6 is 11.6 Å². The molecular weight excluding hydrogens is 331 g/mol. The van der Waals surface area contributed by atoms with Gasteiger partial charge in [-0.3, -0.25) is 0 Å². The molecule has 130 valence electrons. The molecule has 24 heavy (non-hydrogen) atoms. The van der Waals surface area contributed by atoms with Crippen molar-refractivity contribution in [2.75, 3.05) is 25.1 Å². The Labute approximate surface area is 146 Å². The minimum absolute atomic E-state index is 0.0340. The van der Waals surface area contributed by atoms with E-state index in [1.54, 1.807) is 6.20 Å². The molecule has 5 nitrogen and oxygen atoms in total. The number of hydrogen-bond donors (Lipinski definition) is 2. The largest absolute Gasteiger partial charge is 0.387 e. The second-order valence-corrected chi connectivity index (χ2v) is 6.84. The number of ether oxygens (including phenoxy) is 1. The third-order valence-corrected chi connectivity index (χ3v) is 5.00. The lowest BCUT2D eigenvalue weighted by atomic mass is 9.88. The van der Waals surface area contributed by atoms with E-state index in [-0.39, 0.29) is 18.4 Å². The number of alkyl halides is 1. The fourth-order valence-electron chi connectivity index (χ4n) is 3.03. The Kier molecular flexibility index (Phi) is 5.06. The van der Waals surface area contributed by atoms with Gasteiger partial charge in [-0.1, -0.05) is 24.6 Å². The number of nitrogens with one attached hydrogen (secondary N) is 1. The van der Waals surface area contributed by atoms with E-state index in [0.29, 0.717) is 42.7 Å². The topological polar surface area (TPSA) is 72.5 Å². The van der Waals surface area contributed by atoms with E-state index in [0.717, 1.165) is 5.69 Å². The Morgan fingerprint density at radius 2 is 2.17 bits per heavy atom. The van der Waals surface area contributed by atoms with Crippen molar-refractivity contribution >= 4 is 23.3 Å². The first-order valence-corrected chi connectivity index (χ1v) is 8.52. The van der Waals surface area contributed by atoms with Gasteiger partial charge < -0.3 is 15.8 Å². The Hall–Kier alpha value is -1.66. The highest BCUT2D eigenvalue weighted by atomic mass is 35.5. The zero-order chi connectivity index (χ0) is 17.2. The maximum absolute atomic E-state index is 14.7. The number of nitrogens with zero attached hydrogens (tertiary/aromatic N) is 2. The Bertz CT molecular complexity index is 658. The summed E-state index contributed by atoms with van der Waals surface area (Å²) >= 11 is 6.31. The van der Waals surface area contributed by atoms with Crippen molar-refractivity contribution in [3.05, 3.63) is 35.1 Å². The molecule has 2 aliphatic rings. The number of pyridine rings is 1. The van der Waals surface area contributed by atoms with Crippen LogP contribution in [0, 0.1) is 5.92 Å². The van der Waals surface area contributed by atoms with E-state index in [9.17, 15) is 4.39 Å². The highest BCUT2D eigenvalue weighted by Gasteiger charge is 2.32. The lowest BCUT2D eigenvalue weighted by Crippen LogP contribution is -2.38. The quantitative estimate of drug-likeness (QED) is 0.872. The number of amidine groups is 1. The van der Waals surface area contributed by atoms with Crippen molar-refractivity contribution in [1.82, 2.24) is 4.98 Å². The van der Waals surface area contributed by atoms with Gasteiger partial charge in [0.05, 0.1) is 12.2 Å². The van der Waals surface area contributed by atoms with E-state index >= 15 is 0 Å². The summed E-state index contributed by atoms with van der Waals surface area (Å²) in [4.78, 5) is 8.69. The van der Waals surface area contributed by atoms with Crippen LogP contribution in [0.2, 0.25) is 0 Å². The molecule has 3 rings (SSSR count). The van der Waals surface area contributed by atoms with Gasteiger partial charge in [-0.15, -0.1) is 0 Å².